The lowest BCUT2D eigenvalue weighted by Crippen LogP contribution is -2.47. The van der Waals surface area contributed by atoms with Crippen LogP contribution in [0.3, 0.4) is 0 Å². The van der Waals surface area contributed by atoms with Crippen molar-refractivity contribution in [3.63, 3.8) is 0 Å². The number of piperidine rings is 1. The van der Waals surface area contributed by atoms with Crippen LogP contribution in [-0.2, 0) is 10.2 Å². The highest BCUT2D eigenvalue weighted by Crippen LogP contribution is 2.50. The monoisotopic (exact) mass is 384 g/mol. The first-order valence-electron chi connectivity index (χ1n) is 11.1. The number of aliphatic hydroxyl groups excluding tert-OH is 1. The van der Waals surface area contributed by atoms with E-state index in [0.717, 1.165) is 12.8 Å². The van der Waals surface area contributed by atoms with Crippen LogP contribution in [0.5, 0.6) is 0 Å². The van der Waals surface area contributed by atoms with Gasteiger partial charge in [0.05, 0.1) is 6.04 Å². The molecule has 2 aliphatic heterocycles. The summed E-state index contributed by atoms with van der Waals surface area (Å²) in [5.41, 5.74) is 3.36. The van der Waals surface area contributed by atoms with Gasteiger partial charge in [-0.05, 0) is 73.7 Å². The second kappa shape index (κ2) is 7.46. The summed E-state index contributed by atoms with van der Waals surface area (Å²) in [7, 11) is 0. The molecule has 1 aliphatic carbocycles. The van der Waals surface area contributed by atoms with E-state index in [4.69, 9.17) is 0 Å². The molecule has 1 unspecified atom stereocenters. The predicted octanol–water partition coefficient (Wildman–Crippen LogP) is 4.23. The number of hydrogen-bond donors (Lipinski definition) is 1. The van der Waals surface area contributed by atoms with Crippen LogP contribution in [-0.4, -0.2) is 46.7 Å². The van der Waals surface area contributed by atoms with Crippen LogP contribution in [0.2, 0.25) is 0 Å². The fourth-order valence-electron chi connectivity index (χ4n) is 5.55. The van der Waals surface area contributed by atoms with E-state index in [0.29, 0.717) is 18.3 Å². The molecule has 1 aromatic carbocycles. The lowest BCUT2D eigenvalue weighted by molar-refractivity contribution is -0.137. The maximum atomic E-state index is 12.4. The predicted molar refractivity (Wildman–Crippen MR) is 112 cm³/mol. The maximum Gasteiger partial charge on any atom is 0.225 e. The highest BCUT2D eigenvalue weighted by atomic mass is 16.3. The minimum Gasteiger partial charge on any atom is -0.373 e. The molecule has 154 valence electrons. The summed E-state index contributed by atoms with van der Waals surface area (Å²) >= 11 is 0. The molecule has 1 N–H and O–H groups in total. The van der Waals surface area contributed by atoms with E-state index in [1.54, 1.807) is 4.90 Å². The molecule has 28 heavy (non-hydrogen) atoms. The summed E-state index contributed by atoms with van der Waals surface area (Å²) in [6.45, 7) is 10.5. The third-order valence-corrected chi connectivity index (χ3v) is 7.34. The van der Waals surface area contributed by atoms with Crippen molar-refractivity contribution in [1.29, 1.82) is 0 Å². The Morgan fingerprint density at radius 1 is 1.11 bits per heavy atom. The topological polar surface area (TPSA) is 43.8 Å². The Kier molecular flexibility index (Phi) is 5.30. The number of nitrogens with zero attached hydrogens (tertiary/aromatic N) is 2. The van der Waals surface area contributed by atoms with Gasteiger partial charge in [-0.25, -0.2) is 0 Å². The van der Waals surface area contributed by atoms with E-state index in [1.807, 2.05) is 0 Å². The molecule has 0 bridgehead atoms. The molecule has 1 spiro atoms. The Hall–Kier alpha value is -1.39. The summed E-state index contributed by atoms with van der Waals surface area (Å²) in [5, 5.41) is 10.4. The van der Waals surface area contributed by atoms with Crippen LogP contribution in [0.4, 0.5) is 0 Å². The van der Waals surface area contributed by atoms with E-state index in [1.165, 1.54) is 50.0 Å². The van der Waals surface area contributed by atoms with Crippen molar-refractivity contribution in [3.8, 4) is 0 Å². The zero-order valence-electron chi connectivity index (χ0n) is 17.8. The number of fused-ring (bicyclic) bond motifs is 2. The number of hydrogen-bond acceptors (Lipinski definition) is 3. The fraction of sp³-hybridized carbons (Fsp3) is 0.708. The van der Waals surface area contributed by atoms with Crippen LogP contribution in [0.15, 0.2) is 24.3 Å². The van der Waals surface area contributed by atoms with E-state index >= 15 is 0 Å². The van der Waals surface area contributed by atoms with Crippen LogP contribution < -0.4 is 0 Å². The second-order valence-corrected chi connectivity index (χ2v) is 10.4. The molecule has 4 heteroatoms. The van der Waals surface area contributed by atoms with Gasteiger partial charge in [-0.15, -0.1) is 0 Å². The van der Waals surface area contributed by atoms with Gasteiger partial charge in [0, 0.05) is 12.8 Å². The molecule has 1 amide bonds. The molecular weight excluding hydrogens is 348 g/mol. The highest BCUT2D eigenvalue weighted by Gasteiger charge is 2.45. The van der Waals surface area contributed by atoms with Gasteiger partial charge in [-0.1, -0.05) is 45.0 Å². The van der Waals surface area contributed by atoms with Gasteiger partial charge < -0.3 is 14.9 Å². The van der Waals surface area contributed by atoms with E-state index < -0.39 is 6.23 Å². The number of benzene rings is 1. The average molecular weight is 385 g/mol. The molecule has 0 aromatic heterocycles. The largest absolute Gasteiger partial charge is 0.373 e. The summed E-state index contributed by atoms with van der Waals surface area (Å²) in [6.07, 6.45) is 6.19. The molecule has 0 radical (unpaired) electrons. The average Bonchev–Trinajstić information content (AvgIpc) is 3.00. The molecule has 2 saturated heterocycles. The molecule has 0 saturated carbocycles. The molecule has 4 rings (SSSR count). The minimum atomic E-state index is -0.612. The van der Waals surface area contributed by atoms with Gasteiger partial charge >= 0.3 is 0 Å². The third-order valence-electron chi connectivity index (χ3n) is 7.34. The zero-order valence-corrected chi connectivity index (χ0v) is 17.8. The second-order valence-electron chi connectivity index (χ2n) is 10.4. The van der Waals surface area contributed by atoms with Crippen molar-refractivity contribution < 1.29 is 9.90 Å². The number of carbonyl (C=O) groups is 1. The van der Waals surface area contributed by atoms with Crippen molar-refractivity contribution >= 4 is 5.91 Å². The first-order chi connectivity index (χ1) is 13.3. The van der Waals surface area contributed by atoms with Crippen molar-refractivity contribution in [2.75, 3.05) is 19.6 Å². The number of aliphatic hydroxyl groups is 1. The quantitative estimate of drug-likeness (QED) is 0.848. The first kappa shape index (κ1) is 19.9. The van der Waals surface area contributed by atoms with Crippen molar-refractivity contribution in [3.05, 3.63) is 35.4 Å². The van der Waals surface area contributed by atoms with Crippen molar-refractivity contribution in [2.45, 2.75) is 83.4 Å². The van der Waals surface area contributed by atoms with Gasteiger partial charge in [-0.3, -0.25) is 4.79 Å². The van der Waals surface area contributed by atoms with E-state index in [-0.39, 0.29) is 17.4 Å². The summed E-state index contributed by atoms with van der Waals surface area (Å²) in [6, 6.07) is 8.78. The lowest BCUT2D eigenvalue weighted by Gasteiger charge is -2.49. The fourth-order valence-corrected chi connectivity index (χ4v) is 5.55. The number of amides is 1. The minimum absolute atomic E-state index is 0.0470. The van der Waals surface area contributed by atoms with E-state index in [2.05, 4.69) is 49.9 Å². The molecule has 2 atom stereocenters. The molecular formula is C24H36N2O2. The van der Waals surface area contributed by atoms with E-state index in [9.17, 15) is 9.90 Å². The normalized spacial score (nSPS) is 28.0. The maximum absolute atomic E-state index is 12.4. The van der Waals surface area contributed by atoms with Crippen LogP contribution in [0.1, 0.15) is 82.9 Å². The number of carbonyl (C=O) groups excluding carboxylic acids is 1. The molecule has 3 aliphatic rings. The smallest absolute Gasteiger partial charge is 0.225 e. The molecule has 4 nitrogen and oxygen atoms in total. The summed E-state index contributed by atoms with van der Waals surface area (Å²) in [5.74, 6) is 0.111. The van der Waals surface area contributed by atoms with Gasteiger partial charge in [0.1, 0.15) is 6.23 Å². The van der Waals surface area contributed by atoms with Crippen LogP contribution in [0, 0.1) is 5.41 Å². The van der Waals surface area contributed by atoms with Gasteiger partial charge in [0.25, 0.3) is 0 Å². The molecule has 1 aromatic rings. The van der Waals surface area contributed by atoms with Gasteiger partial charge in [0.2, 0.25) is 5.91 Å². The van der Waals surface area contributed by atoms with Crippen LogP contribution in [0.25, 0.3) is 0 Å². The zero-order chi connectivity index (χ0) is 19.9. The molecule has 2 fully saturated rings. The number of likely N-dealkylation sites (tertiary alicyclic amines) is 2. The number of rotatable bonds is 3. The Morgan fingerprint density at radius 2 is 1.82 bits per heavy atom. The summed E-state index contributed by atoms with van der Waals surface area (Å²) < 4.78 is 0. The summed E-state index contributed by atoms with van der Waals surface area (Å²) in [4.78, 5) is 16.8. The first-order valence-corrected chi connectivity index (χ1v) is 11.1. The Bertz CT molecular complexity index is 716. The SMILES string of the molecule is CC(C)(C)CCN1CCC2(CC[C@H](N3C(=O)CCC3O)c3ccccc32)CC1. The highest BCUT2D eigenvalue weighted by molar-refractivity contribution is 5.79. The Balaban J connectivity index is 1.52. The standard InChI is InChI=1S/C24H36N2O2/c1-23(2,3)12-15-25-16-13-24(14-17-25)11-10-20(18-6-4-5-7-19(18)24)26-21(27)8-9-22(26)28/h4-7,20-21,27H,8-17H2,1-3H3/t20-,21?/m0/s1. The van der Waals surface area contributed by atoms with Gasteiger partial charge in [-0.2, -0.15) is 0 Å². The lowest BCUT2D eigenvalue weighted by atomic mass is 9.63. The Morgan fingerprint density at radius 3 is 2.46 bits per heavy atom. The van der Waals surface area contributed by atoms with Crippen molar-refractivity contribution in [2.24, 2.45) is 5.41 Å². The Labute approximate surface area is 169 Å². The van der Waals surface area contributed by atoms with Gasteiger partial charge in [0.15, 0.2) is 0 Å². The van der Waals surface area contributed by atoms with Crippen LogP contribution >= 0.6 is 0 Å². The third kappa shape index (κ3) is 3.73. The molecule has 2 heterocycles. The van der Waals surface area contributed by atoms with Crippen molar-refractivity contribution in [1.82, 2.24) is 9.80 Å².